The molecule has 6 nitrogen and oxygen atoms in total. The average Bonchev–Trinajstić information content (AvgIpc) is 3.18. The molecule has 1 N–H and O–H groups in total. The second-order valence-electron chi connectivity index (χ2n) is 6.78. The summed E-state index contributed by atoms with van der Waals surface area (Å²) < 4.78 is 12.9. The second kappa shape index (κ2) is 8.69. The molecule has 2 heterocycles. The molecule has 0 saturated heterocycles. The number of methoxy groups -OCH3 is 1. The Bertz CT molecular complexity index is 1150. The highest BCUT2D eigenvalue weighted by molar-refractivity contribution is 6.04. The van der Waals surface area contributed by atoms with Crippen LogP contribution in [0.4, 0.5) is 5.69 Å². The zero-order chi connectivity index (χ0) is 20.9. The Kier molecular flexibility index (Phi) is 5.66. The van der Waals surface area contributed by atoms with E-state index in [2.05, 4.69) is 10.3 Å². The van der Waals surface area contributed by atoms with Gasteiger partial charge < -0.3 is 14.8 Å². The maximum atomic E-state index is 13.0. The molecule has 0 unspecified atom stereocenters. The van der Waals surface area contributed by atoms with Crippen LogP contribution in [0.15, 0.2) is 72.9 Å². The summed E-state index contributed by atoms with van der Waals surface area (Å²) in [5.41, 5.74) is 3.65. The molecule has 0 radical (unpaired) electrons. The maximum Gasteiger partial charge on any atom is 0.274 e. The third kappa shape index (κ3) is 3.98. The van der Waals surface area contributed by atoms with Crippen LogP contribution in [0.5, 0.6) is 11.5 Å². The first-order valence-corrected chi connectivity index (χ1v) is 9.81. The molecule has 4 rings (SSSR count). The van der Waals surface area contributed by atoms with E-state index in [-0.39, 0.29) is 5.91 Å². The van der Waals surface area contributed by atoms with Crippen molar-refractivity contribution in [1.82, 2.24) is 9.38 Å². The lowest BCUT2D eigenvalue weighted by atomic mass is 10.2. The molecular weight excluding hydrogens is 378 g/mol. The van der Waals surface area contributed by atoms with Gasteiger partial charge >= 0.3 is 0 Å². The van der Waals surface area contributed by atoms with Crippen molar-refractivity contribution in [3.05, 3.63) is 89.9 Å². The van der Waals surface area contributed by atoms with Gasteiger partial charge in [-0.2, -0.15) is 0 Å². The van der Waals surface area contributed by atoms with Crippen LogP contribution in [-0.4, -0.2) is 22.4 Å². The fraction of sp³-hybridized carbons (Fsp3) is 0.167. The molecule has 2 aromatic carbocycles. The van der Waals surface area contributed by atoms with Crippen LogP contribution in [0.2, 0.25) is 0 Å². The van der Waals surface area contributed by atoms with Gasteiger partial charge in [-0.1, -0.05) is 37.3 Å². The number of rotatable bonds is 7. The van der Waals surface area contributed by atoms with Crippen molar-refractivity contribution in [2.24, 2.45) is 0 Å². The first-order chi connectivity index (χ1) is 14.7. The smallest absolute Gasteiger partial charge is 0.274 e. The molecule has 30 heavy (non-hydrogen) atoms. The van der Waals surface area contributed by atoms with E-state index in [0.717, 1.165) is 17.0 Å². The van der Waals surface area contributed by atoms with Crippen molar-refractivity contribution >= 4 is 17.2 Å². The fourth-order valence-corrected chi connectivity index (χ4v) is 3.30. The third-order valence-corrected chi connectivity index (χ3v) is 4.82. The summed E-state index contributed by atoms with van der Waals surface area (Å²) >= 11 is 0. The fourth-order valence-electron chi connectivity index (χ4n) is 3.30. The number of aromatic nitrogens is 2. The number of carbonyl (C=O) groups excluding carboxylic acids is 1. The van der Waals surface area contributed by atoms with Crippen molar-refractivity contribution < 1.29 is 14.3 Å². The lowest BCUT2D eigenvalue weighted by Crippen LogP contribution is -2.16. The molecule has 0 aliphatic heterocycles. The quantitative estimate of drug-likeness (QED) is 0.486. The summed E-state index contributed by atoms with van der Waals surface area (Å²) in [6.45, 7) is 2.47. The molecule has 0 fully saturated rings. The van der Waals surface area contributed by atoms with E-state index in [1.165, 1.54) is 0 Å². The van der Waals surface area contributed by atoms with Crippen molar-refractivity contribution in [2.75, 3.05) is 12.4 Å². The Labute approximate surface area is 175 Å². The number of hydrogen-bond donors (Lipinski definition) is 1. The number of nitrogens with zero attached hydrogens (tertiary/aromatic N) is 2. The van der Waals surface area contributed by atoms with Gasteiger partial charge in [0.05, 0.1) is 12.8 Å². The molecule has 1 amide bonds. The van der Waals surface area contributed by atoms with Gasteiger partial charge in [0.15, 0.2) is 11.4 Å². The van der Waals surface area contributed by atoms with Crippen molar-refractivity contribution in [3.63, 3.8) is 0 Å². The van der Waals surface area contributed by atoms with Crippen LogP contribution in [-0.2, 0) is 13.0 Å². The number of ether oxygens (including phenoxy) is 2. The number of pyridine rings is 1. The topological polar surface area (TPSA) is 64.9 Å². The molecule has 6 heteroatoms. The summed E-state index contributed by atoms with van der Waals surface area (Å²) in [6, 6.07) is 21.0. The lowest BCUT2D eigenvalue weighted by molar-refractivity contribution is 0.102. The van der Waals surface area contributed by atoms with Gasteiger partial charge in [0.1, 0.15) is 18.1 Å². The van der Waals surface area contributed by atoms with E-state index in [9.17, 15) is 4.79 Å². The Hall–Kier alpha value is -3.80. The summed E-state index contributed by atoms with van der Waals surface area (Å²) in [5, 5.41) is 2.95. The van der Waals surface area contributed by atoms with E-state index < -0.39 is 0 Å². The van der Waals surface area contributed by atoms with Crippen LogP contribution in [0.1, 0.15) is 28.7 Å². The third-order valence-electron chi connectivity index (χ3n) is 4.82. The van der Waals surface area contributed by atoms with E-state index in [1.807, 2.05) is 79.9 Å². The first-order valence-electron chi connectivity index (χ1n) is 9.81. The zero-order valence-corrected chi connectivity index (χ0v) is 17.0. The minimum Gasteiger partial charge on any atom is -0.493 e. The van der Waals surface area contributed by atoms with E-state index >= 15 is 0 Å². The van der Waals surface area contributed by atoms with Crippen molar-refractivity contribution in [1.29, 1.82) is 0 Å². The number of amides is 1. The number of nitrogens with one attached hydrogen (secondary N) is 1. The number of carbonyl (C=O) groups is 1. The first kappa shape index (κ1) is 19.5. The van der Waals surface area contributed by atoms with E-state index in [4.69, 9.17) is 9.47 Å². The molecule has 0 aliphatic rings. The van der Waals surface area contributed by atoms with Gasteiger partial charge in [-0.15, -0.1) is 0 Å². The number of benzene rings is 2. The van der Waals surface area contributed by atoms with Crippen molar-refractivity contribution in [2.45, 2.75) is 20.0 Å². The van der Waals surface area contributed by atoms with Crippen LogP contribution in [0.25, 0.3) is 5.65 Å². The van der Waals surface area contributed by atoms with Crippen LogP contribution in [0.3, 0.4) is 0 Å². The molecule has 0 spiro atoms. The number of aryl methyl sites for hydroxylation is 1. The molecule has 0 bridgehead atoms. The molecule has 0 aliphatic carbocycles. The standard InChI is InChI=1S/C24H23N3O3/c1-3-20-22(27-15-7-10-21(29-2)23(27)26-20)24(28)25-18-11-13-19(14-12-18)30-16-17-8-5-4-6-9-17/h4-15H,3,16H2,1-2H3,(H,25,28). The Morgan fingerprint density at radius 3 is 2.50 bits per heavy atom. The Morgan fingerprint density at radius 1 is 1.03 bits per heavy atom. The monoisotopic (exact) mass is 401 g/mol. The van der Waals surface area contributed by atoms with E-state index in [0.29, 0.717) is 35.8 Å². The average molecular weight is 401 g/mol. The predicted molar refractivity (Wildman–Crippen MR) is 116 cm³/mol. The van der Waals surface area contributed by atoms with Gasteiger partial charge in [0.25, 0.3) is 5.91 Å². The normalized spacial score (nSPS) is 10.7. The highest BCUT2D eigenvalue weighted by Crippen LogP contribution is 2.24. The van der Waals surface area contributed by atoms with Gasteiger partial charge in [0, 0.05) is 11.9 Å². The lowest BCUT2D eigenvalue weighted by Gasteiger charge is -2.09. The molecular formula is C24H23N3O3. The maximum absolute atomic E-state index is 13.0. The minimum atomic E-state index is -0.217. The zero-order valence-electron chi connectivity index (χ0n) is 17.0. The van der Waals surface area contributed by atoms with Gasteiger partial charge in [-0.25, -0.2) is 4.98 Å². The molecule has 152 valence electrons. The summed E-state index contributed by atoms with van der Waals surface area (Å²) in [7, 11) is 1.59. The van der Waals surface area contributed by atoms with Crippen LogP contribution >= 0.6 is 0 Å². The van der Waals surface area contributed by atoms with Crippen LogP contribution in [0, 0.1) is 0 Å². The predicted octanol–water partition coefficient (Wildman–Crippen LogP) is 4.74. The summed E-state index contributed by atoms with van der Waals surface area (Å²) in [5.74, 6) is 1.15. The SMILES string of the molecule is CCc1nc2c(OC)cccn2c1C(=O)Nc1ccc(OCc2ccccc2)cc1. The van der Waals surface area contributed by atoms with Crippen molar-refractivity contribution in [3.8, 4) is 11.5 Å². The second-order valence-corrected chi connectivity index (χ2v) is 6.78. The molecule has 4 aromatic rings. The van der Waals surface area contributed by atoms with Gasteiger partial charge in [0.2, 0.25) is 0 Å². The number of fused-ring (bicyclic) bond motifs is 1. The largest absolute Gasteiger partial charge is 0.493 e. The molecule has 2 aromatic heterocycles. The summed E-state index contributed by atoms with van der Waals surface area (Å²) in [4.78, 5) is 17.6. The Balaban J connectivity index is 1.50. The number of imidazole rings is 1. The van der Waals surface area contributed by atoms with Crippen LogP contribution < -0.4 is 14.8 Å². The molecule has 0 saturated carbocycles. The Morgan fingerprint density at radius 2 is 1.80 bits per heavy atom. The number of hydrogen-bond acceptors (Lipinski definition) is 4. The van der Waals surface area contributed by atoms with Gasteiger partial charge in [-0.3, -0.25) is 9.20 Å². The van der Waals surface area contributed by atoms with Gasteiger partial charge in [-0.05, 0) is 48.4 Å². The van der Waals surface area contributed by atoms with E-state index in [1.54, 1.807) is 11.5 Å². The number of anilines is 1. The highest BCUT2D eigenvalue weighted by atomic mass is 16.5. The minimum absolute atomic E-state index is 0.217. The highest BCUT2D eigenvalue weighted by Gasteiger charge is 2.20. The molecule has 0 atom stereocenters. The summed E-state index contributed by atoms with van der Waals surface area (Å²) in [6.07, 6.45) is 2.46.